The number of thiazole rings is 1. The summed E-state index contributed by atoms with van der Waals surface area (Å²) in [6, 6.07) is 34.9. The number of thioether (sulfide) groups is 2. The highest BCUT2D eigenvalue weighted by molar-refractivity contribution is 8.00. The van der Waals surface area contributed by atoms with Crippen molar-refractivity contribution in [3.05, 3.63) is 166 Å². The molecule has 19 heteroatoms. The van der Waals surface area contributed by atoms with E-state index in [0.717, 1.165) is 5.38 Å². The average Bonchev–Trinajstić information content (AvgIpc) is 3.76. The van der Waals surface area contributed by atoms with Crippen molar-refractivity contribution < 1.29 is 51.5 Å². The van der Waals surface area contributed by atoms with Gasteiger partial charge in [-0.25, -0.2) is 14.6 Å². The molecule has 2 atom stereocenters. The number of alkyl halides is 3. The summed E-state index contributed by atoms with van der Waals surface area (Å²) >= 11 is 3.32. The summed E-state index contributed by atoms with van der Waals surface area (Å²) in [6.07, 6.45) is -5.00. The Balaban J connectivity index is 1.10. The van der Waals surface area contributed by atoms with Crippen LogP contribution in [0.2, 0.25) is 0 Å². The van der Waals surface area contributed by atoms with E-state index in [1.165, 1.54) is 28.4 Å². The van der Waals surface area contributed by atoms with Crippen molar-refractivity contribution >= 4 is 75.4 Å². The molecule has 2 aliphatic heterocycles. The summed E-state index contributed by atoms with van der Waals surface area (Å²) in [5, 5.41) is 7.89. The van der Waals surface area contributed by atoms with E-state index in [-0.39, 0.29) is 11.4 Å². The Bertz CT molecular complexity index is 2430. The highest BCUT2D eigenvalue weighted by Crippen LogP contribution is 2.42. The summed E-state index contributed by atoms with van der Waals surface area (Å²) in [6.45, 7) is -0.815. The number of esters is 2. The number of nitrogens with zero attached hydrogens (tertiary/aromatic N) is 3. The van der Waals surface area contributed by atoms with Crippen LogP contribution in [-0.4, -0.2) is 87.2 Å². The van der Waals surface area contributed by atoms with E-state index in [1.807, 2.05) is 66.9 Å². The maximum absolute atomic E-state index is 14.2. The van der Waals surface area contributed by atoms with Crippen molar-refractivity contribution in [1.29, 1.82) is 0 Å². The molecule has 0 bridgehead atoms. The molecule has 324 valence electrons. The van der Waals surface area contributed by atoms with Crippen LogP contribution in [0, 0.1) is 0 Å². The van der Waals surface area contributed by atoms with Gasteiger partial charge in [0.25, 0.3) is 11.8 Å². The third-order valence-electron chi connectivity index (χ3n) is 9.51. The van der Waals surface area contributed by atoms with E-state index >= 15 is 0 Å². The molecule has 3 heterocycles. The van der Waals surface area contributed by atoms with Crippen molar-refractivity contribution in [2.24, 2.45) is 5.16 Å². The second kappa shape index (κ2) is 20.2. The lowest BCUT2D eigenvalue weighted by Gasteiger charge is -2.49. The Morgan fingerprint density at radius 2 is 1.37 bits per heavy atom. The predicted octanol–water partition coefficient (Wildman–Crippen LogP) is 7.05. The van der Waals surface area contributed by atoms with Crippen LogP contribution in [0.5, 0.6) is 0 Å². The minimum absolute atomic E-state index is 0.0602. The number of anilines is 1. The van der Waals surface area contributed by atoms with Crippen molar-refractivity contribution in [3.8, 4) is 0 Å². The number of hydrogen-bond donors (Lipinski definition) is 2. The summed E-state index contributed by atoms with van der Waals surface area (Å²) in [5.74, 6) is -4.88. The van der Waals surface area contributed by atoms with Crippen LogP contribution in [0.1, 0.15) is 40.2 Å². The molecule has 2 N–H and O–H groups in total. The lowest BCUT2D eigenvalue weighted by Crippen LogP contribution is -2.71. The van der Waals surface area contributed by atoms with E-state index < -0.39 is 76.9 Å². The molecule has 5 aromatic rings. The Morgan fingerprint density at radius 1 is 0.841 bits per heavy atom. The van der Waals surface area contributed by atoms with E-state index in [2.05, 4.69) is 15.5 Å². The zero-order valence-corrected chi connectivity index (χ0v) is 35.5. The fourth-order valence-corrected chi connectivity index (χ4v) is 9.38. The number of benzene rings is 4. The number of β-lactam (4-membered cyclic amide) rings is 1. The van der Waals surface area contributed by atoms with Gasteiger partial charge in [-0.3, -0.25) is 24.6 Å². The predicted molar refractivity (Wildman–Crippen MR) is 231 cm³/mol. The minimum atomic E-state index is -5.23. The molecule has 0 saturated carbocycles. The van der Waals surface area contributed by atoms with Gasteiger partial charge in [0.2, 0.25) is 6.61 Å². The highest BCUT2D eigenvalue weighted by atomic mass is 32.2. The normalized spacial score (nSPS) is 16.3. The Labute approximate surface area is 371 Å². The van der Waals surface area contributed by atoms with Crippen LogP contribution in [0.4, 0.5) is 18.3 Å². The van der Waals surface area contributed by atoms with Gasteiger partial charge in [-0.1, -0.05) is 126 Å². The van der Waals surface area contributed by atoms with E-state index in [1.54, 1.807) is 66.0 Å². The minimum Gasteiger partial charge on any atom is -0.450 e. The van der Waals surface area contributed by atoms with E-state index in [4.69, 9.17) is 14.3 Å². The van der Waals surface area contributed by atoms with E-state index in [0.29, 0.717) is 50.7 Å². The quantitative estimate of drug-likeness (QED) is 0.0451. The Hall–Kier alpha value is -6.44. The molecule has 1 unspecified atom stereocenters. The molecule has 63 heavy (non-hydrogen) atoms. The molecule has 0 radical (unpaired) electrons. The van der Waals surface area contributed by atoms with Crippen molar-refractivity contribution in [2.45, 2.75) is 29.8 Å². The largest absolute Gasteiger partial charge is 0.471 e. The maximum Gasteiger partial charge on any atom is 0.471 e. The molecule has 0 aliphatic carbocycles. The third-order valence-corrected chi connectivity index (χ3v) is 12.2. The van der Waals surface area contributed by atoms with E-state index in [9.17, 15) is 37.1 Å². The maximum atomic E-state index is 14.2. The molecule has 7 rings (SSSR count). The SMILES string of the molecule is CSCC1=C(C(=O)OC(c2ccccc2)c2ccccc2)N2C(=O)C(NC(=O)C(=NOCC(=O)OC(c3ccccc3)c3ccccc3)c3csc(NC(=O)C(F)(F)F)n3)[C@@H]2SC1. The first-order valence-corrected chi connectivity index (χ1v) is 22.4. The zero-order chi connectivity index (χ0) is 44.5. The second-order valence-corrected chi connectivity index (χ2v) is 16.6. The zero-order valence-electron chi connectivity index (χ0n) is 33.0. The lowest BCUT2D eigenvalue weighted by molar-refractivity contribution is -0.167. The molecule has 2 aliphatic rings. The lowest BCUT2D eigenvalue weighted by atomic mass is 10.0. The summed E-state index contributed by atoms with van der Waals surface area (Å²) < 4.78 is 51.0. The number of aromatic nitrogens is 1. The van der Waals surface area contributed by atoms with Gasteiger partial charge in [0, 0.05) is 16.9 Å². The van der Waals surface area contributed by atoms with Gasteiger partial charge in [-0.05, 0) is 34.1 Å². The first-order chi connectivity index (χ1) is 30.4. The van der Waals surface area contributed by atoms with Crippen molar-refractivity contribution in [1.82, 2.24) is 15.2 Å². The van der Waals surface area contributed by atoms with Crippen LogP contribution in [-0.2, 0) is 38.3 Å². The number of ether oxygens (including phenoxy) is 2. The topological polar surface area (TPSA) is 166 Å². The molecule has 1 fully saturated rings. The third kappa shape index (κ3) is 10.6. The number of nitrogens with one attached hydrogen (secondary N) is 2. The van der Waals surface area contributed by atoms with Crippen molar-refractivity contribution in [2.75, 3.05) is 29.7 Å². The summed E-state index contributed by atoms with van der Waals surface area (Å²) in [5.41, 5.74) is 2.50. The fourth-order valence-electron chi connectivity index (χ4n) is 6.63. The van der Waals surface area contributed by atoms with Gasteiger partial charge in [-0.2, -0.15) is 24.9 Å². The summed E-state index contributed by atoms with van der Waals surface area (Å²) in [7, 11) is 0. The fraction of sp³-hybridized carbons (Fsp3) is 0.205. The molecule has 0 spiro atoms. The molecule has 4 aromatic carbocycles. The van der Waals surface area contributed by atoms with Gasteiger partial charge >= 0.3 is 24.0 Å². The number of rotatable bonds is 16. The van der Waals surface area contributed by atoms with Crippen LogP contribution in [0.25, 0.3) is 0 Å². The molecule has 13 nitrogen and oxygen atoms in total. The smallest absolute Gasteiger partial charge is 0.450 e. The van der Waals surface area contributed by atoms with Gasteiger partial charge in [0.1, 0.15) is 22.8 Å². The number of halogens is 3. The highest BCUT2D eigenvalue weighted by Gasteiger charge is 2.55. The van der Waals surface area contributed by atoms with Gasteiger partial charge < -0.3 is 19.6 Å². The first kappa shape index (κ1) is 44.6. The Morgan fingerprint density at radius 3 is 1.87 bits per heavy atom. The number of carbonyl (C=O) groups is 5. The molecular weight excluding hydrogens is 880 g/mol. The second-order valence-electron chi connectivity index (χ2n) is 13.7. The molecule has 1 saturated heterocycles. The number of fused-ring (bicyclic) bond motifs is 1. The van der Waals surface area contributed by atoms with Gasteiger partial charge in [-0.15, -0.1) is 23.1 Å². The molecule has 1 aromatic heterocycles. The number of carbonyl (C=O) groups excluding carboxylic acids is 5. The van der Waals surface area contributed by atoms with Crippen LogP contribution in [0.3, 0.4) is 0 Å². The van der Waals surface area contributed by atoms with Crippen LogP contribution >= 0.6 is 34.9 Å². The monoisotopic (exact) mass is 915 g/mol. The Kier molecular flexibility index (Phi) is 14.3. The standard InChI is InChI=1S/C44H36F3N5O8S3/c1-61-23-30-24-62-40-34(39(55)52(40)35(30)41(56)60-37(28-18-10-4-11-19-28)29-20-12-5-13-21-29)49-38(54)33(31-25-63-43(48-31)50-42(57)44(45,46)47)51-58-22-32(53)59-36(26-14-6-2-7-15-26)27-16-8-3-9-17-27/h2-21,25,34,36-37,40H,22-24H2,1H3,(H,49,54)(H,48,50,57)/t34?,40-/m0/s1. The van der Waals surface area contributed by atoms with Crippen LogP contribution < -0.4 is 10.6 Å². The number of hydrogen-bond acceptors (Lipinski definition) is 13. The molecule has 3 amide bonds. The average molecular weight is 916 g/mol. The van der Waals surface area contributed by atoms with Gasteiger partial charge in [0.15, 0.2) is 23.1 Å². The first-order valence-electron chi connectivity index (χ1n) is 19.0. The number of oxime groups is 1. The van der Waals surface area contributed by atoms with Crippen molar-refractivity contribution in [3.63, 3.8) is 0 Å². The summed E-state index contributed by atoms with van der Waals surface area (Å²) in [4.78, 5) is 77.5. The number of amides is 3. The van der Waals surface area contributed by atoms with Gasteiger partial charge in [0.05, 0.1) is 0 Å². The van der Waals surface area contributed by atoms with Crippen LogP contribution in [0.15, 0.2) is 143 Å². The molecular formula is C44H36F3N5O8S3.